The summed E-state index contributed by atoms with van der Waals surface area (Å²) in [7, 11) is 0. The number of nitrogens with zero attached hydrogens (tertiary/aromatic N) is 2. The van der Waals surface area contributed by atoms with Gasteiger partial charge in [0, 0.05) is 12.6 Å². The molecule has 0 unspecified atom stereocenters. The summed E-state index contributed by atoms with van der Waals surface area (Å²) in [5.74, 6) is 2.43. The average molecular weight is 374 g/mol. The van der Waals surface area contributed by atoms with Crippen LogP contribution in [-0.4, -0.2) is 9.55 Å². The second kappa shape index (κ2) is 6.25. The lowest BCUT2D eigenvalue weighted by Crippen LogP contribution is -2.18. The monoisotopic (exact) mass is 372 g/mol. The van der Waals surface area contributed by atoms with Crippen molar-refractivity contribution in [3.05, 3.63) is 28.2 Å². The number of fused-ring (bicyclic) bond motifs is 1. The van der Waals surface area contributed by atoms with Crippen molar-refractivity contribution in [3.63, 3.8) is 0 Å². The summed E-state index contributed by atoms with van der Waals surface area (Å²) in [4.78, 5) is 4.55. The topological polar surface area (TPSA) is 17.8 Å². The Labute approximate surface area is 137 Å². The van der Waals surface area contributed by atoms with Gasteiger partial charge < -0.3 is 4.57 Å². The zero-order valence-electron chi connectivity index (χ0n) is 12.1. The summed E-state index contributed by atoms with van der Waals surface area (Å²) in [5.41, 5.74) is 1.66. The lowest BCUT2D eigenvalue weighted by atomic mass is 9.83. The summed E-state index contributed by atoms with van der Waals surface area (Å²) in [6, 6.07) is 3.30. The molecule has 1 heterocycles. The van der Waals surface area contributed by atoms with Gasteiger partial charge >= 0.3 is 0 Å². The van der Waals surface area contributed by atoms with E-state index in [-0.39, 0.29) is 5.82 Å². The molecule has 0 bridgehead atoms. The number of alkyl halides is 1. The van der Waals surface area contributed by atoms with Gasteiger partial charge in [-0.25, -0.2) is 9.37 Å². The van der Waals surface area contributed by atoms with Crippen molar-refractivity contribution in [2.24, 2.45) is 11.8 Å². The van der Waals surface area contributed by atoms with E-state index in [9.17, 15) is 4.39 Å². The van der Waals surface area contributed by atoms with Crippen LogP contribution in [-0.2, 0) is 12.4 Å². The van der Waals surface area contributed by atoms with Gasteiger partial charge in [0.05, 0.1) is 21.4 Å². The first kappa shape index (κ1) is 15.3. The van der Waals surface area contributed by atoms with E-state index in [1.807, 2.05) is 0 Å². The molecule has 21 heavy (non-hydrogen) atoms. The molecule has 1 fully saturated rings. The Hall–Kier alpha value is -0.610. The Kier molecular flexibility index (Phi) is 4.55. The first-order valence-electron chi connectivity index (χ1n) is 7.48. The molecule has 2 nitrogen and oxygen atoms in total. The molecule has 5 heteroatoms. The van der Waals surface area contributed by atoms with Gasteiger partial charge in [-0.05, 0) is 46.7 Å². The Balaban J connectivity index is 1.94. The van der Waals surface area contributed by atoms with Gasteiger partial charge in [-0.3, -0.25) is 0 Å². The number of imidazole rings is 1. The van der Waals surface area contributed by atoms with E-state index in [1.54, 1.807) is 12.1 Å². The molecule has 0 atom stereocenters. The number of halogens is 3. The van der Waals surface area contributed by atoms with Crippen LogP contribution in [0.5, 0.6) is 0 Å². The van der Waals surface area contributed by atoms with Gasteiger partial charge in [0.1, 0.15) is 11.6 Å². The van der Waals surface area contributed by atoms with Gasteiger partial charge in [-0.15, -0.1) is 11.6 Å². The molecule has 0 aliphatic heterocycles. The van der Waals surface area contributed by atoms with Crippen molar-refractivity contribution >= 4 is 38.6 Å². The Morgan fingerprint density at radius 3 is 2.71 bits per heavy atom. The third-order valence-corrected chi connectivity index (χ3v) is 5.41. The third-order valence-electron chi connectivity index (χ3n) is 4.57. The second-order valence-corrected chi connectivity index (χ2v) is 7.27. The quantitative estimate of drug-likeness (QED) is 0.649. The predicted octanol–water partition coefficient (Wildman–Crippen LogP) is 5.50. The van der Waals surface area contributed by atoms with Crippen LogP contribution in [0, 0.1) is 17.7 Å². The van der Waals surface area contributed by atoms with E-state index in [2.05, 4.69) is 32.4 Å². The summed E-state index contributed by atoms with van der Waals surface area (Å²) in [6.07, 6.45) is 5.05. The molecular formula is C16H19BrClFN2. The third kappa shape index (κ3) is 3.11. The average Bonchev–Trinajstić information content (AvgIpc) is 2.79. The minimum absolute atomic E-state index is 0.248. The fourth-order valence-electron chi connectivity index (χ4n) is 3.25. The number of rotatable bonds is 3. The van der Waals surface area contributed by atoms with E-state index in [0.717, 1.165) is 29.3 Å². The first-order chi connectivity index (χ1) is 10.1. The molecule has 1 saturated carbocycles. The molecule has 1 aliphatic rings. The molecule has 0 N–H and O–H groups in total. The summed E-state index contributed by atoms with van der Waals surface area (Å²) < 4.78 is 16.4. The lowest BCUT2D eigenvalue weighted by Gasteiger charge is -2.27. The molecule has 1 aromatic heterocycles. The maximum absolute atomic E-state index is 13.9. The van der Waals surface area contributed by atoms with Crippen molar-refractivity contribution in [2.45, 2.75) is 45.0 Å². The molecule has 1 aliphatic carbocycles. The molecule has 0 spiro atoms. The molecular weight excluding hydrogens is 355 g/mol. The molecule has 0 amide bonds. The van der Waals surface area contributed by atoms with Crippen molar-refractivity contribution in [3.8, 4) is 0 Å². The highest BCUT2D eigenvalue weighted by Crippen LogP contribution is 2.32. The van der Waals surface area contributed by atoms with Crippen molar-refractivity contribution in [1.82, 2.24) is 9.55 Å². The van der Waals surface area contributed by atoms with E-state index in [4.69, 9.17) is 11.6 Å². The smallest absolute Gasteiger partial charge is 0.139 e. The van der Waals surface area contributed by atoms with Crippen LogP contribution in [0.3, 0.4) is 0 Å². The van der Waals surface area contributed by atoms with E-state index < -0.39 is 0 Å². The van der Waals surface area contributed by atoms with Crippen LogP contribution in [0.2, 0.25) is 0 Å². The maximum Gasteiger partial charge on any atom is 0.139 e. The minimum Gasteiger partial charge on any atom is -0.327 e. The zero-order chi connectivity index (χ0) is 15.0. The maximum atomic E-state index is 13.9. The van der Waals surface area contributed by atoms with Gasteiger partial charge in [-0.1, -0.05) is 19.8 Å². The van der Waals surface area contributed by atoms with Crippen molar-refractivity contribution in [1.29, 1.82) is 0 Å². The fourth-order valence-corrected chi connectivity index (χ4v) is 3.78. The van der Waals surface area contributed by atoms with Gasteiger partial charge in [0.2, 0.25) is 0 Å². The van der Waals surface area contributed by atoms with Crippen LogP contribution < -0.4 is 0 Å². The van der Waals surface area contributed by atoms with E-state index in [0.29, 0.717) is 16.3 Å². The van der Waals surface area contributed by atoms with Gasteiger partial charge in [0.15, 0.2) is 0 Å². The van der Waals surface area contributed by atoms with Crippen molar-refractivity contribution < 1.29 is 4.39 Å². The van der Waals surface area contributed by atoms with Crippen LogP contribution in [0.4, 0.5) is 4.39 Å². The van der Waals surface area contributed by atoms with Gasteiger partial charge in [-0.2, -0.15) is 0 Å². The predicted molar refractivity (Wildman–Crippen MR) is 88.1 cm³/mol. The lowest BCUT2D eigenvalue weighted by molar-refractivity contribution is 0.265. The van der Waals surface area contributed by atoms with Gasteiger partial charge in [0.25, 0.3) is 0 Å². The normalized spacial score (nSPS) is 22.9. The fraction of sp³-hybridized carbons (Fsp3) is 0.562. The number of benzene rings is 1. The van der Waals surface area contributed by atoms with E-state index >= 15 is 0 Å². The molecule has 0 radical (unpaired) electrons. The first-order valence-corrected chi connectivity index (χ1v) is 8.81. The summed E-state index contributed by atoms with van der Waals surface area (Å²) >= 11 is 9.26. The number of aromatic nitrogens is 2. The van der Waals surface area contributed by atoms with Crippen LogP contribution >= 0.6 is 27.5 Å². The molecule has 114 valence electrons. The zero-order valence-corrected chi connectivity index (χ0v) is 14.4. The highest BCUT2D eigenvalue weighted by Gasteiger charge is 2.21. The largest absolute Gasteiger partial charge is 0.327 e. The highest BCUT2D eigenvalue weighted by molar-refractivity contribution is 9.10. The minimum atomic E-state index is -0.248. The molecule has 0 saturated heterocycles. The Morgan fingerprint density at radius 2 is 2.05 bits per heavy atom. The summed E-state index contributed by atoms with van der Waals surface area (Å²) in [5, 5.41) is 0. The second-order valence-electron chi connectivity index (χ2n) is 6.15. The number of hydrogen-bond donors (Lipinski definition) is 0. The molecule has 1 aromatic carbocycles. The van der Waals surface area contributed by atoms with Crippen molar-refractivity contribution in [2.75, 3.05) is 0 Å². The van der Waals surface area contributed by atoms with Crippen LogP contribution in [0.15, 0.2) is 16.6 Å². The van der Waals surface area contributed by atoms with E-state index in [1.165, 1.54) is 25.7 Å². The van der Waals surface area contributed by atoms with Crippen LogP contribution in [0.1, 0.15) is 38.4 Å². The van der Waals surface area contributed by atoms with Crippen LogP contribution in [0.25, 0.3) is 11.0 Å². The summed E-state index contributed by atoms with van der Waals surface area (Å²) in [6.45, 7) is 3.21. The number of hydrogen-bond acceptors (Lipinski definition) is 1. The standard InChI is InChI=1S/C16H19BrClFN2/c1-10-2-4-11(5-3-10)9-21-15-7-13(19)12(17)6-14(15)20-16(21)8-18/h6-7,10-11H,2-5,8-9H2,1H3. The molecule has 2 aromatic rings. The Bertz CT molecular complexity index is 647. The Morgan fingerprint density at radius 1 is 1.33 bits per heavy atom. The SMILES string of the molecule is CC1CCC(Cn2c(CCl)nc3cc(Br)c(F)cc32)CC1. The highest BCUT2D eigenvalue weighted by atomic mass is 79.9. The molecule has 3 rings (SSSR count).